The normalized spacial score (nSPS) is 17.9. The molecule has 0 unspecified atom stereocenters. The third-order valence-electron chi connectivity index (χ3n) is 6.05. The van der Waals surface area contributed by atoms with Crippen LogP contribution in [0.15, 0.2) is 48.5 Å². The molecule has 7 heteroatoms. The zero-order valence-corrected chi connectivity index (χ0v) is 17.5. The number of rotatable bonds is 5. The molecule has 0 radical (unpaired) electrons. The zero-order chi connectivity index (χ0) is 21.8. The molecule has 0 atom stereocenters. The number of ether oxygens (including phenoxy) is 2. The highest BCUT2D eigenvalue weighted by atomic mass is 16.6. The van der Waals surface area contributed by atoms with Crippen LogP contribution in [-0.2, 0) is 22.6 Å². The van der Waals surface area contributed by atoms with Crippen molar-refractivity contribution in [2.75, 3.05) is 26.7 Å². The highest BCUT2D eigenvalue weighted by Crippen LogP contribution is 2.34. The minimum atomic E-state index is -0.426. The largest absolute Gasteiger partial charge is 0.465 e. The third-order valence-corrected chi connectivity index (χ3v) is 6.05. The summed E-state index contributed by atoms with van der Waals surface area (Å²) < 4.78 is 10.6. The Hall–Kier alpha value is -3.37. The number of piperidine rings is 1. The molecule has 31 heavy (non-hydrogen) atoms. The summed E-state index contributed by atoms with van der Waals surface area (Å²) in [5.74, 6) is -0.376. The van der Waals surface area contributed by atoms with Crippen LogP contribution in [0.5, 0.6) is 0 Å². The summed E-state index contributed by atoms with van der Waals surface area (Å²) in [6.45, 7) is 3.57. The van der Waals surface area contributed by atoms with E-state index in [0.29, 0.717) is 24.2 Å². The molecule has 2 aromatic rings. The molecule has 2 heterocycles. The van der Waals surface area contributed by atoms with Gasteiger partial charge in [-0.1, -0.05) is 24.3 Å². The summed E-state index contributed by atoms with van der Waals surface area (Å²) in [5, 5.41) is 8.92. The quantitative estimate of drug-likeness (QED) is 0.692. The van der Waals surface area contributed by atoms with E-state index in [1.807, 2.05) is 36.4 Å². The van der Waals surface area contributed by atoms with Crippen LogP contribution in [-0.4, -0.2) is 54.2 Å². The van der Waals surface area contributed by atoms with Crippen LogP contribution in [0.4, 0.5) is 4.79 Å². The minimum absolute atomic E-state index is 0.280. The predicted octanol–water partition coefficient (Wildman–Crippen LogP) is 3.33. The van der Waals surface area contributed by atoms with Crippen molar-refractivity contribution in [3.8, 4) is 6.07 Å². The zero-order valence-electron chi connectivity index (χ0n) is 17.5. The molecule has 2 aromatic carbocycles. The molecule has 1 spiro atoms. The van der Waals surface area contributed by atoms with Crippen molar-refractivity contribution in [2.45, 2.75) is 31.5 Å². The van der Waals surface area contributed by atoms with Gasteiger partial charge in [-0.25, -0.2) is 9.59 Å². The summed E-state index contributed by atoms with van der Waals surface area (Å²) in [5.41, 5.74) is 2.85. The summed E-state index contributed by atoms with van der Waals surface area (Å²) in [7, 11) is 1.35. The standard InChI is InChI=1S/C24H25N3O4/c1-30-22(28)21-8-6-20(7-9-21)16-27-17-24(31-23(27)29)10-12-26(13-11-24)15-19-4-2-18(14-25)3-5-19/h2-9H,10-13,15-17H2,1H3. The van der Waals surface area contributed by atoms with Crippen molar-refractivity contribution in [3.05, 3.63) is 70.8 Å². The number of amides is 1. The molecular weight excluding hydrogens is 394 g/mol. The van der Waals surface area contributed by atoms with Gasteiger partial charge in [-0.2, -0.15) is 5.26 Å². The smallest absolute Gasteiger partial charge is 0.410 e. The van der Waals surface area contributed by atoms with E-state index in [1.54, 1.807) is 17.0 Å². The number of carbonyl (C=O) groups is 2. The van der Waals surface area contributed by atoms with Gasteiger partial charge < -0.3 is 9.47 Å². The van der Waals surface area contributed by atoms with Crippen molar-refractivity contribution in [3.63, 3.8) is 0 Å². The third kappa shape index (κ3) is 4.70. The Morgan fingerprint density at radius 3 is 2.29 bits per heavy atom. The number of hydrogen-bond acceptors (Lipinski definition) is 6. The Balaban J connectivity index is 1.31. The molecule has 2 aliphatic heterocycles. The number of esters is 1. The maximum atomic E-state index is 12.5. The second kappa shape index (κ2) is 8.78. The number of nitriles is 1. The van der Waals surface area contributed by atoms with E-state index in [1.165, 1.54) is 12.7 Å². The molecule has 0 aliphatic carbocycles. The summed E-state index contributed by atoms with van der Waals surface area (Å²) in [4.78, 5) is 28.2. The molecule has 7 nitrogen and oxygen atoms in total. The second-order valence-electron chi connectivity index (χ2n) is 8.18. The van der Waals surface area contributed by atoms with Crippen molar-refractivity contribution in [1.29, 1.82) is 5.26 Å². The number of benzene rings is 2. The Labute approximate surface area is 181 Å². The molecule has 0 aromatic heterocycles. The monoisotopic (exact) mass is 419 g/mol. The molecule has 2 aliphatic rings. The van der Waals surface area contributed by atoms with Crippen LogP contribution >= 0.6 is 0 Å². The van der Waals surface area contributed by atoms with Crippen LogP contribution in [0.3, 0.4) is 0 Å². The van der Waals surface area contributed by atoms with E-state index < -0.39 is 5.60 Å². The second-order valence-corrected chi connectivity index (χ2v) is 8.18. The van der Waals surface area contributed by atoms with E-state index in [4.69, 9.17) is 14.7 Å². The molecule has 2 fully saturated rings. The van der Waals surface area contributed by atoms with Crippen LogP contribution in [0, 0.1) is 11.3 Å². The van der Waals surface area contributed by atoms with Gasteiger partial charge in [0.2, 0.25) is 0 Å². The van der Waals surface area contributed by atoms with Gasteiger partial charge in [0.1, 0.15) is 5.60 Å². The van der Waals surface area contributed by atoms with Crippen molar-refractivity contribution < 1.29 is 19.1 Å². The molecule has 160 valence electrons. The fourth-order valence-corrected chi connectivity index (χ4v) is 4.22. The fourth-order valence-electron chi connectivity index (χ4n) is 4.22. The lowest BCUT2D eigenvalue weighted by atomic mass is 9.91. The van der Waals surface area contributed by atoms with Gasteiger partial charge in [0.25, 0.3) is 0 Å². The highest BCUT2D eigenvalue weighted by Gasteiger charge is 2.46. The first kappa shape index (κ1) is 20.9. The van der Waals surface area contributed by atoms with Crippen molar-refractivity contribution in [1.82, 2.24) is 9.80 Å². The van der Waals surface area contributed by atoms with Crippen LogP contribution in [0.1, 0.15) is 39.9 Å². The summed E-state index contributed by atoms with van der Waals surface area (Å²) in [6, 6.07) is 16.9. The van der Waals surface area contributed by atoms with Gasteiger partial charge in [0.05, 0.1) is 30.9 Å². The predicted molar refractivity (Wildman–Crippen MR) is 113 cm³/mol. The molecule has 1 amide bonds. The molecular formula is C24H25N3O4. The topological polar surface area (TPSA) is 82.9 Å². The number of carbonyl (C=O) groups excluding carboxylic acids is 2. The number of methoxy groups -OCH3 is 1. The Kier molecular flexibility index (Phi) is 5.92. The average molecular weight is 419 g/mol. The minimum Gasteiger partial charge on any atom is -0.465 e. The van der Waals surface area contributed by atoms with Gasteiger partial charge >= 0.3 is 12.1 Å². The Morgan fingerprint density at radius 2 is 1.68 bits per heavy atom. The lowest BCUT2D eigenvalue weighted by Crippen LogP contribution is -2.46. The van der Waals surface area contributed by atoms with Crippen LogP contribution in [0.2, 0.25) is 0 Å². The first-order chi connectivity index (χ1) is 15.0. The lowest BCUT2D eigenvalue weighted by Gasteiger charge is -2.37. The molecule has 2 saturated heterocycles. The highest BCUT2D eigenvalue weighted by molar-refractivity contribution is 5.89. The van der Waals surface area contributed by atoms with Gasteiger partial charge in [0, 0.05) is 39.0 Å². The Bertz CT molecular complexity index is 987. The van der Waals surface area contributed by atoms with Crippen LogP contribution in [0.25, 0.3) is 0 Å². The van der Waals surface area contributed by atoms with Crippen molar-refractivity contribution in [2.24, 2.45) is 0 Å². The van der Waals surface area contributed by atoms with Gasteiger partial charge in [-0.15, -0.1) is 0 Å². The lowest BCUT2D eigenvalue weighted by molar-refractivity contribution is -0.00125. The summed E-state index contributed by atoms with van der Waals surface area (Å²) >= 11 is 0. The fraction of sp³-hybridized carbons (Fsp3) is 0.375. The van der Waals surface area contributed by atoms with Crippen LogP contribution < -0.4 is 0 Å². The molecule has 0 N–H and O–H groups in total. The van der Waals surface area contributed by atoms with Gasteiger partial charge in [-0.3, -0.25) is 9.80 Å². The maximum Gasteiger partial charge on any atom is 0.410 e. The average Bonchev–Trinajstić information content (AvgIpc) is 3.10. The number of nitrogens with zero attached hydrogens (tertiary/aromatic N) is 3. The SMILES string of the molecule is COC(=O)c1ccc(CN2CC3(CCN(Cc4ccc(C#N)cc4)CC3)OC2=O)cc1. The van der Waals surface area contributed by atoms with E-state index in [9.17, 15) is 9.59 Å². The van der Waals surface area contributed by atoms with Gasteiger partial charge in [0.15, 0.2) is 0 Å². The van der Waals surface area contributed by atoms with E-state index in [-0.39, 0.29) is 12.1 Å². The molecule has 4 rings (SSSR count). The maximum absolute atomic E-state index is 12.5. The number of likely N-dealkylation sites (tertiary alicyclic amines) is 1. The summed E-state index contributed by atoms with van der Waals surface area (Å²) in [6.07, 6.45) is 1.32. The Morgan fingerprint density at radius 1 is 1.06 bits per heavy atom. The van der Waals surface area contributed by atoms with Crippen molar-refractivity contribution >= 4 is 12.1 Å². The van der Waals surface area contributed by atoms with Gasteiger partial charge in [-0.05, 0) is 35.4 Å². The number of hydrogen-bond donors (Lipinski definition) is 0. The molecule has 0 saturated carbocycles. The van der Waals surface area contributed by atoms with E-state index in [0.717, 1.165) is 38.0 Å². The van der Waals surface area contributed by atoms with E-state index >= 15 is 0 Å². The van der Waals surface area contributed by atoms with E-state index in [2.05, 4.69) is 11.0 Å². The first-order valence-electron chi connectivity index (χ1n) is 10.4. The molecule has 0 bridgehead atoms. The first-order valence-corrected chi connectivity index (χ1v) is 10.4.